The monoisotopic (exact) mass is 407 g/mol. The van der Waals surface area contributed by atoms with Gasteiger partial charge in [0.05, 0.1) is 30.4 Å². The smallest absolute Gasteiger partial charge is 0.228 e. The molecule has 2 saturated heterocycles. The van der Waals surface area contributed by atoms with Crippen molar-refractivity contribution in [2.24, 2.45) is 5.92 Å². The highest BCUT2D eigenvalue weighted by Crippen LogP contribution is 2.34. The summed E-state index contributed by atoms with van der Waals surface area (Å²) in [6.07, 6.45) is 10.9. The van der Waals surface area contributed by atoms with E-state index in [1.54, 1.807) is 12.4 Å². The fourth-order valence-corrected chi connectivity index (χ4v) is 4.26. The third-order valence-corrected chi connectivity index (χ3v) is 5.95. The summed E-state index contributed by atoms with van der Waals surface area (Å²) in [4.78, 5) is 25.8. The van der Waals surface area contributed by atoms with Crippen LogP contribution in [-0.2, 0) is 11.3 Å². The molecule has 2 unspecified atom stereocenters. The highest BCUT2D eigenvalue weighted by molar-refractivity contribution is 5.87. The summed E-state index contributed by atoms with van der Waals surface area (Å²) < 4.78 is 8.18. The number of ether oxygens (including phenoxy) is 1. The summed E-state index contributed by atoms with van der Waals surface area (Å²) in [6, 6.07) is 0. The Morgan fingerprint density at radius 1 is 0.967 bits per heavy atom. The van der Waals surface area contributed by atoms with E-state index < -0.39 is 0 Å². The van der Waals surface area contributed by atoms with Gasteiger partial charge in [0.1, 0.15) is 16.9 Å². The molecule has 0 amide bonds. The third kappa shape index (κ3) is 3.64. The van der Waals surface area contributed by atoms with Crippen LogP contribution in [0.25, 0.3) is 22.6 Å². The van der Waals surface area contributed by atoms with E-state index in [2.05, 4.69) is 24.4 Å². The van der Waals surface area contributed by atoms with Crippen LogP contribution in [0.4, 0.5) is 5.95 Å². The van der Waals surface area contributed by atoms with E-state index in [1.165, 1.54) is 12.8 Å². The Hall–Kier alpha value is -2.61. The number of anilines is 1. The Bertz CT molecular complexity index is 1020. The predicted molar refractivity (Wildman–Crippen MR) is 115 cm³/mol. The molecule has 30 heavy (non-hydrogen) atoms. The van der Waals surface area contributed by atoms with Crippen molar-refractivity contribution in [2.75, 3.05) is 18.0 Å². The van der Waals surface area contributed by atoms with Gasteiger partial charge in [-0.05, 0) is 38.5 Å². The number of aryl methyl sites for hydroxylation is 1. The first kappa shape index (κ1) is 19.4. The van der Waals surface area contributed by atoms with Crippen LogP contribution in [0.15, 0.2) is 18.7 Å². The van der Waals surface area contributed by atoms with Crippen molar-refractivity contribution in [3.05, 3.63) is 24.4 Å². The average molecular weight is 408 g/mol. The van der Waals surface area contributed by atoms with Gasteiger partial charge in [0.25, 0.3) is 0 Å². The molecule has 158 valence electrons. The van der Waals surface area contributed by atoms with Crippen molar-refractivity contribution < 1.29 is 4.74 Å². The van der Waals surface area contributed by atoms with Crippen molar-refractivity contribution in [1.29, 1.82) is 0 Å². The van der Waals surface area contributed by atoms with E-state index in [1.807, 2.05) is 27.1 Å². The molecule has 1 saturated carbocycles. The van der Waals surface area contributed by atoms with E-state index in [0.29, 0.717) is 0 Å². The maximum atomic E-state index is 6.00. The lowest BCUT2D eigenvalue weighted by molar-refractivity contribution is 0.0299. The van der Waals surface area contributed by atoms with Gasteiger partial charge in [0, 0.05) is 25.8 Å². The zero-order chi connectivity index (χ0) is 20.7. The zero-order valence-electron chi connectivity index (χ0n) is 18.0. The Labute approximate surface area is 176 Å². The molecule has 1 aliphatic carbocycles. The molecule has 8 heteroatoms. The normalized spacial score (nSPS) is 22.8. The summed E-state index contributed by atoms with van der Waals surface area (Å²) in [6.45, 7) is 8.60. The lowest BCUT2D eigenvalue weighted by Gasteiger charge is -2.32. The largest absolute Gasteiger partial charge is 0.371 e. The Kier molecular flexibility index (Phi) is 5.10. The van der Waals surface area contributed by atoms with Crippen LogP contribution in [0, 0.1) is 12.8 Å². The Morgan fingerprint density at radius 3 is 2.40 bits per heavy atom. The quantitative estimate of drug-likeness (QED) is 0.655. The third-order valence-electron chi connectivity index (χ3n) is 5.95. The molecule has 3 aliphatic rings. The highest BCUT2D eigenvalue weighted by atomic mass is 16.5. The van der Waals surface area contributed by atoms with Gasteiger partial charge < -0.3 is 14.2 Å². The maximum Gasteiger partial charge on any atom is 0.228 e. The highest BCUT2D eigenvalue weighted by Gasteiger charge is 2.35. The van der Waals surface area contributed by atoms with Gasteiger partial charge in [-0.15, -0.1) is 0 Å². The summed E-state index contributed by atoms with van der Waals surface area (Å²) in [5.74, 6) is 1.50. The molecule has 3 aromatic rings. The summed E-state index contributed by atoms with van der Waals surface area (Å²) >= 11 is 0. The van der Waals surface area contributed by atoms with Gasteiger partial charge in [-0.25, -0.2) is 9.97 Å². The number of hydrogen-bond donors (Lipinski definition) is 0. The number of fused-ring (bicyclic) bond motifs is 3. The summed E-state index contributed by atoms with van der Waals surface area (Å²) in [5, 5.41) is 0. The van der Waals surface area contributed by atoms with E-state index >= 15 is 0 Å². The molecular weight excluding hydrogens is 378 g/mol. The van der Waals surface area contributed by atoms with Crippen molar-refractivity contribution in [2.45, 2.75) is 65.2 Å². The van der Waals surface area contributed by atoms with E-state index in [9.17, 15) is 0 Å². The average Bonchev–Trinajstić information content (AvgIpc) is 3.42. The van der Waals surface area contributed by atoms with Crippen LogP contribution in [0.5, 0.6) is 0 Å². The topological polar surface area (TPSA) is 81.9 Å². The van der Waals surface area contributed by atoms with Gasteiger partial charge >= 0.3 is 0 Å². The minimum Gasteiger partial charge on any atom is -0.371 e. The first-order chi connectivity index (χ1) is 14.7. The van der Waals surface area contributed by atoms with Crippen molar-refractivity contribution >= 4 is 17.1 Å². The molecular formula is C22H29N7O. The number of morpholine rings is 1. The lowest BCUT2D eigenvalue weighted by atomic mass is 10.2. The minimum atomic E-state index is 0.289. The maximum absolute atomic E-state index is 6.00. The van der Waals surface area contributed by atoms with Gasteiger partial charge in [-0.1, -0.05) is 13.8 Å². The van der Waals surface area contributed by atoms with Gasteiger partial charge in [0.2, 0.25) is 5.95 Å². The Morgan fingerprint density at radius 2 is 1.73 bits per heavy atom. The van der Waals surface area contributed by atoms with Gasteiger partial charge in [-0.2, -0.15) is 4.98 Å². The number of rotatable bonds is 4. The molecule has 0 N–H and O–H groups in total. The van der Waals surface area contributed by atoms with Gasteiger partial charge in [0.15, 0.2) is 5.65 Å². The molecule has 2 aliphatic heterocycles. The van der Waals surface area contributed by atoms with Crippen molar-refractivity contribution in [3.8, 4) is 11.4 Å². The van der Waals surface area contributed by atoms with Crippen LogP contribution in [0.1, 0.15) is 45.2 Å². The SMILES string of the molecule is CC.Cc1cnc(-c2nc(N3CC4CCC(C3)O4)nc3c2ncn3CC2CC2)cn1. The van der Waals surface area contributed by atoms with Crippen LogP contribution in [0.2, 0.25) is 0 Å². The molecule has 0 aromatic carbocycles. The van der Waals surface area contributed by atoms with Crippen molar-refractivity contribution in [3.63, 3.8) is 0 Å². The predicted octanol–water partition coefficient (Wildman–Crippen LogP) is 3.40. The van der Waals surface area contributed by atoms with Gasteiger partial charge in [-0.3, -0.25) is 9.97 Å². The molecule has 0 spiro atoms. The fourth-order valence-electron chi connectivity index (χ4n) is 4.26. The number of aromatic nitrogens is 6. The molecule has 5 heterocycles. The second-order valence-electron chi connectivity index (χ2n) is 8.29. The van der Waals surface area contributed by atoms with Crippen LogP contribution < -0.4 is 4.90 Å². The fraction of sp³-hybridized carbons (Fsp3) is 0.591. The summed E-state index contributed by atoms with van der Waals surface area (Å²) in [5.41, 5.74) is 4.10. The molecule has 6 rings (SSSR count). The second kappa shape index (κ2) is 7.91. The van der Waals surface area contributed by atoms with Crippen LogP contribution >= 0.6 is 0 Å². The lowest BCUT2D eigenvalue weighted by Crippen LogP contribution is -2.43. The molecule has 2 bridgehead atoms. The molecule has 3 fully saturated rings. The molecule has 0 radical (unpaired) electrons. The molecule has 8 nitrogen and oxygen atoms in total. The number of nitrogens with zero attached hydrogens (tertiary/aromatic N) is 7. The van der Waals surface area contributed by atoms with Crippen molar-refractivity contribution in [1.82, 2.24) is 29.5 Å². The Balaban J connectivity index is 0.000000937. The van der Waals surface area contributed by atoms with E-state index in [0.717, 1.165) is 72.6 Å². The number of imidazole rings is 1. The standard InChI is InChI=1S/C20H23N7O.C2H6/c1-12-6-22-16(7-21-12)17-18-19(27(11-23-18)8-13-2-3-13)25-20(24-17)26-9-14-4-5-15(10-26)28-14;1-2/h6-7,11,13-15H,2-5,8-10H2,1H3;1-2H3. The molecule has 2 atom stereocenters. The zero-order valence-corrected chi connectivity index (χ0v) is 18.0. The van der Waals surface area contributed by atoms with E-state index in [-0.39, 0.29) is 12.2 Å². The first-order valence-corrected chi connectivity index (χ1v) is 11.2. The van der Waals surface area contributed by atoms with Crippen LogP contribution in [0.3, 0.4) is 0 Å². The summed E-state index contributed by atoms with van der Waals surface area (Å²) in [7, 11) is 0. The first-order valence-electron chi connectivity index (χ1n) is 11.2. The van der Waals surface area contributed by atoms with Crippen LogP contribution in [-0.4, -0.2) is 54.8 Å². The molecule has 3 aromatic heterocycles. The second-order valence-corrected chi connectivity index (χ2v) is 8.29. The number of hydrogen-bond acceptors (Lipinski definition) is 7. The minimum absolute atomic E-state index is 0.289. The van der Waals surface area contributed by atoms with E-state index in [4.69, 9.17) is 14.7 Å².